The SMILES string of the molecule is CCN(CC(=O)NC(C)C)C(=O)/C=C/c1cc2c(cc1[N+](=O)[O-])OCO2. The zero-order valence-electron chi connectivity index (χ0n) is 14.9. The minimum atomic E-state index is -0.556. The van der Waals surface area contributed by atoms with Gasteiger partial charge >= 0.3 is 0 Å². The number of likely N-dealkylation sites (N-methyl/N-ethyl adjacent to an activating group) is 1. The van der Waals surface area contributed by atoms with Crippen LogP contribution < -0.4 is 14.8 Å². The zero-order chi connectivity index (χ0) is 19.3. The molecule has 1 aromatic rings. The second-order valence-electron chi connectivity index (χ2n) is 5.93. The van der Waals surface area contributed by atoms with E-state index in [1.165, 1.54) is 29.2 Å². The van der Waals surface area contributed by atoms with Gasteiger partial charge in [-0.25, -0.2) is 0 Å². The summed E-state index contributed by atoms with van der Waals surface area (Å²) in [7, 11) is 0. The summed E-state index contributed by atoms with van der Waals surface area (Å²) in [5, 5.41) is 13.9. The summed E-state index contributed by atoms with van der Waals surface area (Å²) in [6.45, 7) is 5.65. The molecule has 1 aliphatic rings. The lowest BCUT2D eigenvalue weighted by atomic mass is 10.1. The van der Waals surface area contributed by atoms with Crippen molar-refractivity contribution in [3.8, 4) is 11.5 Å². The van der Waals surface area contributed by atoms with Gasteiger partial charge in [0.2, 0.25) is 18.6 Å². The van der Waals surface area contributed by atoms with E-state index in [0.29, 0.717) is 18.0 Å². The number of carbonyl (C=O) groups is 2. The summed E-state index contributed by atoms with van der Waals surface area (Å²) in [4.78, 5) is 36.2. The minimum Gasteiger partial charge on any atom is -0.454 e. The monoisotopic (exact) mass is 363 g/mol. The molecule has 26 heavy (non-hydrogen) atoms. The first-order valence-corrected chi connectivity index (χ1v) is 8.16. The Balaban J connectivity index is 2.16. The number of nitro benzene ring substituents is 1. The fraction of sp³-hybridized carbons (Fsp3) is 0.412. The number of nitro groups is 1. The van der Waals surface area contributed by atoms with Crippen molar-refractivity contribution >= 4 is 23.6 Å². The molecular formula is C17H21N3O6. The Kier molecular flexibility index (Phi) is 6.16. The van der Waals surface area contributed by atoms with Crippen molar-refractivity contribution in [2.45, 2.75) is 26.8 Å². The van der Waals surface area contributed by atoms with Crippen LogP contribution in [0.2, 0.25) is 0 Å². The molecule has 1 aromatic carbocycles. The first-order valence-electron chi connectivity index (χ1n) is 8.16. The highest BCUT2D eigenvalue weighted by atomic mass is 16.7. The predicted octanol–water partition coefficient (Wildman–Crippen LogP) is 1.71. The van der Waals surface area contributed by atoms with Gasteiger partial charge in [0.25, 0.3) is 5.69 Å². The molecular weight excluding hydrogens is 342 g/mol. The van der Waals surface area contributed by atoms with Crippen molar-refractivity contribution in [1.82, 2.24) is 10.2 Å². The summed E-state index contributed by atoms with van der Waals surface area (Å²) < 4.78 is 10.3. The normalized spacial score (nSPS) is 12.5. The van der Waals surface area contributed by atoms with E-state index in [0.717, 1.165) is 0 Å². The molecule has 0 saturated carbocycles. The highest BCUT2D eigenvalue weighted by Crippen LogP contribution is 2.38. The van der Waals surface area contributed by atoms with Crippen molar-refractivity contribution in [2.24, 2.45) is 0 Å². The van der Waals surface area contributed by atoms with E-state index in [9.17, 15) is 19.7 Å². The predicted molar refractivity (Wildman–Crippen MR) is 93.8 cm³/mol. The van der Waals surface area contributed by atoms with E-state index < -0.39 is 10.8 Å². The lowest BCUT2D eigenvalue weighted by molar-refractivity contribution is -0.385. The molecule has 9 heteroatoms. The molecule has 0 fully saturated rings. The van der Waals surface area contributed by atoms with Crippen LogP contribution in [0.25, 0.3) is 6.08 Å². The molecule has 0 radical (unpaired) electrons. The Bertz CT molecular complexity index is 744. The summed E-state index contributed by atoms with van der Waals surface area (Å²) in [6, 6.07) is 2.69. The van der Waals surface area contributed by atoms with Crippen molar-refractivity contribution < 1.29 is 24.0 Å². The number of benzene rings is 1. The Morgan fingerprint density at radius 1 is 1.35 bits per heavy atom. The molecule has 1 heterocycles. The smallest absolute Gasteiger partial charge is 0.280 e. The average molecular weight is 363 g/mol. The van der Waals surface area contributed by atoms with Gasteiger partial charge in [-0.3, -0.25) is 19.7 Å². The molecule has 0 saturated heterocycles. The van der Waals surface area contributed by atoms with E-state index in [4.69, 9.17) is 9.47 Å². The van der Waals surface area contributed by atoms with Gasteiger partial charge in [-0.15, -0.1) is 0 Å². The maximum absolute atomic E-state index is 12.3. The molecule has 140 valence electrons. The Morgan fingerprint density at radius 2 is 2.00 bits per heavy atom. The molecule has 2 rings (SSSR count). The average Bonchev–Trinajstić information content (AvgIpc) is 3.03. The molecule has 0 aliphatic carbocycles. The van der Waals surface area contributed by atoms with Crippen LogP contribution in [0.15, 0.2) is 18.2 Å². The van der Waals surface area contributed by atoms with Crippen molar-refractivity contribution in [3.05, 3.63) is 33.9 Å². The van der Waals surface area contributed by atoms with Gasteiger partial charge in [0.15, 0.2) is 11.5 Å². The molecule has 0 spiro atoms. The Hall–Kier alpha value is -3.10. The number of amides is 2. The number of hydrogen-bond donors (Lipinski definition) is 1. The third-order valence-corrected chi connectivity index (χ3v) is 3.60. The van der Waals surface area contributed by atoms with Crippen LogP contribution in [0.1, 0.15) is 26.3 Å². The molecule has 1 N–H and O–H groups in total. The number of carbonyl (C=O) groups excluding carboxylic acids is 2. The first kappa shape index (κ1) is 19.2. The summed E-state index contributed by atoms with van der Waals surface area (Å²) in [5.74, 6) is -0.0110. The number of ether oxygens (including phenoxy) is 2. The quantitative estimate of drug-likeness (QED) is 0.448. The Labute approximate surface area is 150 Å². The van der Waals surface area contributed by atoms with E-state index in [1.54, 1.807) is 6.92 Å². The van der Waals surface area contributed by atoms with Gasteiger partial charge in [0.1, 0.15) is 0 Å². The molecule has 0 atom stereocenters. The largest absolute Gasteiger partial charge is 0.454 e. The summed E-state index contributed by atoms with van der Waals surface area (Å²) in [5.41, 5.74) is 0.0224. The summed E-state index contributed by atoms with van der Waals surface area (Å²) in [6.07, 6.45) is 2.54. The van der Waals surface area contributed by atoms with Crippen LogP contribution in [-0.2, 0) is 9.59 Å². The maximum Gasteiger partial charge on any atom is 0.280 e. The van der Waals surface area contributed by atoms with Crippen LogP contribution >= 0.6 is 0 Å². The van der Waals surface area contributed by atoms with Crippen molar-refractivity contribution in [3.63, 3.8) is 0 Å². The lowest BCUT2D eigenvalue weighted by Crippen LogP contribution is -2.42. The van der Waals surface area contributed by atoms with Crippen LogP contribution in [0, 0.1) is 10.1 Å². The number of rotatable bonds is 7. The van der Waals surface area contributed by atoms with E-state index >= 15 is 0 Å². The Morgan fingerprint density at radius 3 is 2.58 bits per heavy atom. The molecule has 2 amide bonds. The van der Waals surface area contributed by atoms with Gasteiger partial charge in [0, 0.05) is 18.7 Å². The topological polar surface area (TPSA) is 111 Å². The molecule has 0 aromatic heterocycles. The van der Waals surface area contributed by atoms with Gasteiger partial charge < -0.3 is 19.7 Å². The number of hydrogen-bond acceptors (Lipinski definition) is 6. The van der Waals surface area contributed by atoms with E-state index in [-0.39, 0.29) is 36.5 Å². The highest BCUT2D eigenvalue weighted by Gasteiger charge is 2.22. The molecule has 1 aliphatic heterocycles. The minimum absolute atomic E-state index is 0.00678. The standard InChI is InChI=1S/C17H21N3O6/c1-4-19(9-16(21)18-11(2)3)17(22)6-5-12-7-14-15(26-10-25-14)8-13(12)20(23)24/h5-8,11H,4,9-10H2,1-3H3,(H,18,21)/b6-5+. The number of nitrogens with zero attached hydrogens (tertiary/aromatic N) is 2. The lowest BCUT2D eigenvalue weighted by Gasteiger charge is -2.19. The highest BCUT2D eigenvalue weighted by molar-refractivity contribution is 5.95. The van der Waals surface area contributed by atoms with E-state index in [2.05, 4.69) is 5.32 Å². The van der Waals surface area contributed by atoms with Gasteiger partial charge in [-0.05, 0) is 32.9 Å². The van der Waals surface area contributed by atoms with Gasteiger partial charge in [-0.2, -0.15) is 0 Å². The molecule has 0 unspecified atom stereocenters. The van der Waals surface area contributed by atoms with Gasteiger partial charge in [0.05, 0.1) is 23.1 Å². The number of fused-ring (bicyclic) bond motifs is 1. The number of nitrogens with one attached hydrogen (secondary N) is 1. The zero-order valence-corrected chi connectivity index (χ0v) is 14.9. The van der Waals surface area contributed by atoms with Gasteiger partial charge in [-0.1, -0.05) is 0 Å². The fourth-order valence-electron chi connectivity index (χ4n) is 2.39. The fourth-order valence-corrected chi connectivity index (χ4v) is 2.39. The van der Waals surface area contributed by atoms with Crippen LogP contribution in [0.5, 0.6) is 11.5 Å². The van der Waals surface area contributed by atoms with E-state index in [1.807, 2.05) is 13.8 Å². The molecule has 0 bridgehead atoms. The second-order valence-corrected chi connectivity index (χ2v) is 5.93. The third-order valence-electron chi connectivity index (χ3n) is 3.60. The second kappa shape index (κ2) is 8.32. The van der Waals surface area contributed by atoms with Crippen LogP contribution in [0.4, 0.5) is 5.69 Å². The molecule has 9 nitrogen and oxygen atoms in total. The maximum atomic E-state index is 12.3. The van der Waals surface area contributed by atoms with Crippen molar-refractivity contribution in [1.29, 1.82) is 0 Å². The van der Waals surface area contributed by atoms with Crippen LogP contribution in [0.3, 0.4) is 0 Å². The summed E-state index contributed by atoms with van der Waals surface area (Å²) >= 11 is 0. The first-order chi connectivity index (χ1) is 12.3. The van der Waals surface area contributed by atoms with Crippen LogP contribution in [-0.4, -0.2) is 47.6 Å². The third kappa shape index (κ3) is 4.71. The van der Waals surface area contributed by atoms with Crippen molar-refractivity contribution in [2.75, 3.05) is 19.9 Å².